The van der Waals surface area contributed by atoms with Gasteiger partial charge < -0.3 is 10.2 Å². The van der Waals surface area contributed by atoms with Gasteiger partial charge in [-0.3, -0.25) is 9.59 Å². The predicted molar refractivity (Wildman–Crippen MR) is 134 cm³/mol. The highest BCUT2D eigenvalue weighted by Gasteiger charge is 2.33. The van der Waals surface area contributed by atoms with E-state index >= 15 is 0 Å². The molecule has 2 aromatic heterocycles. The van der Waals surface area contributed by atoms with Crippen molar-refractivity contribution in [3.63, 3.8) is 0 Å². The fourth-order valence-electron chi connectivity index (χ4n) is 3.88. The minimum absolute atomic E-state index is 0.0918. The van der Waals surface area contributed by atoms with E-state index in [1.165, 1.54) is 11.3 Å². The summed E-state index contributed by atoms with van der Waals surface area (Å²) in [5.41, 5.74) is 4.44. The lowest BCUT2D eigenvalue weighted by Gasteiger charge is -2.24. The van der Waals surface area contributed by atoms with Gasteiger partial charge in [-0.05, 0) is 31.5 Å². The van der Waals surface area contributed by atoms with E-state index in [1.807, 2.05) is 43.0 Å². The van der Waals surface area contributed by atoms with Crippen LogP contribution in [0, 0.1) is 13.8 Å². The van der Waals surface area contributed by atoms with Gasteiger partial charge in [0, 0.05) is 18.8 Å². The number of rotatable bonds is 5. The zero-order valence-electron chi connectivity index (χ0n) is 18.1. The lowest BCUT2D eigenvalue weighted by molar-refractivity contribution is 0.0747. The van der Waals surface area contributed by atoms with Crippen LogP contribution in [-0.2, 0) is 0 Å². The molecule has 33 heavy (non-hydrogen) atoms. The van der Waals surface area contributed by atoms with Crippen LogP contribution < -0.4 is 5.32 Å². The summed E-state index contributed by atoms with van der Waals surface area (Å²) in [7, 11) is 0. The van der Waals surface area contributed by atoms with Gasteiger partial charge in [0.25, 0.3) is 11.8 Å². The lowest BCUT2D eigenvalue weighted by atomic mass is 10.1. The second-order valence-corrected chi connectivity index (χ2v) is 10.8. The summed E-state index contributed by atoms with van der Waals surface area (Å²) in [6.07, 6.45) is 0. The molecule has 1 atom stereocenters. The fraction of sp³-hybridized carbons (Fsp3) is 0.261. The number of aromatic nitrogens is 3. The van der Waals surface area contributed by atoms with Crippen LogP contribution in [0.1, 0.15) is 31.4 Å². The topological polar surface area (TPSA) is 88.1 Å². The van der Waals surface area contributed by atoms with E-state index in [-0.39, 0.29) is 17.2 Å². The number of amides is 2. The number of aryl methyl sites for hydroxylation is 2. The Morgan fingerprint density at radius 1 is 1.15 bits per heavy atom. The van der Waals surface area contributed by atoms with Crippen molar-refractivity contribution in [3.8, 4) is 10.4 Å². The molecule has 0 spiro atoms. The number of thioether (sulfide) groups is 1. The summed E-state index contributed by atoms with van der Waals surface area (Å²) in [4.78, 5) is 33.7. The summed E-state index contributed by atoms with van der Waals surface area (Å²) in [5, 5.41) is 3.69. The maximum Gasteiger partial charge on any atom is 0.274 e. The van der Waals surface area contributed by atoms with Crippen LogP contribution in [0.4, 0.5) is 0 Å². The van der Waals surface area contributed by atoms with Gasteiger partial charge in [-0.1, -0.05) is 35.9 Å². The van der Waals surface area contributed by atoms with Gasteiger partial charge >= 0.3 is 0 Å². The van der Waals surface area contributed by atoms with Gasteiger partial charge in [0.1, 0.15) is 16.7 Å². The van der Waals surface area contributed by atoms with Gasteiger partial charge in [-0.15, -0.1) is 23.1 Å². The molecule has 1 saturated heterocycles. The van der Waals surface area contributed by atoms with Crippen molar-refractivity contribution in [3.05, 3.63) is 64.3 Å². The molecule has 1 fully saturated rings. The highest BCUT2D eigenvalue weighted by molar-refractivity contribution is 8.00. The van der Waals surface area contributed by atoms with Gasteiger partial charge in [-0.25, -0.2) is 4.98 Å². The number of benzene rings is 2. The quantitative estimate of drug-likeness (QED) is 0.442. The first-order valence-electron chi connectivity index (χ1n) is 10.5. The molecule has 0 bridgehead atoms. The van der Waals surface area contributed by atoms with E-state index in [1.54, 1.807) is 23.9 Å². The highest BCUT2D eigenvalue weighted by Crippen LogP contribution is 2.34. The standard InChI is InChI=1S/C23H21N5O2S3/c1-13-5-3-6-15(11-13)21-20(25-14(2)32-21)23(30)28-9-10-31-18(28)12-24-22(29)16-7-4-8-17-19(16)27-33-26-17/h3-8,11,18H,9-10,12H2,1-2H3,(H,24,29). The zero-order chi connectivity index (χ0) is 22.9. The first kappa shape index (κ1) is 22.0. The maximum absolute atomic E-state index is 13.5. The molecule has 4 aromatic rings. The van der Waals surface area contributed by atoms with Gasteiger partial charge in [0.05, 0.1) is 32.6 Å². The van der Waals surface area contributed by atoms with E-state index < -0.39 is 0 Å². The third-order valence-corrected chi connectivity index (χ3v) is 8.22. The summed E-state index contributed by atoms with van der Waals surface area (Å²) in [5.74, 6) is 0.518. The van der Waals surface area contributed by atoms with Crippen molar-refractivity contribution in [2.45, 2.75) is 19.2 Å². The summed E-state index contributed by atoms with van der Waals surface area (Å²) in [6, 6.07) is 13.5. The number of hydrogen-bond donors (Lipinski definition) is 1. The maximum atomic E-state index is 13.5. The zero-order valence-corrected chi connectivity index (χ0v) is 20.5. The number of nitrogens with zero attached hydrogens (tertiary/aromatic N) is 4. The molecule has 1 N–H and O–H groups in total. The average Bonchev–Trinajstić information content (AvgIpc) is 3.55. The second-order valence-electron chi connectivity index (χ2n) is 7.75. The minimum Gasteiger partial charge on any atom is -0.349 e. The monoisotopic (exact) mass is 495 g/mol. The smallest absolute Gasteiger partial charge is 0.274 e. The van der Waals surface area contributed by atoms with E-state index in [4.69, 9.17) is 0 Å². The molecule has 1 unspecified atom stereocenters. The van der Waals surface area contributed by atoms with Gasteiger partial charge in [0.2, 0.25) is 0 Å². The molecule has 2 aromatic carbocycles. The Balaban J connectivity index is 1.34. The van der Waals surface area contributed by atoms with Crippen molar-refractivity contribution in [1.82, 2.24) is 23.9 Å². The Morgan fingerprint density at radius 3 is 2.85 bits per heavy atom. The van der Waals surface area contributed by atoms with Crippen molar-refractivity contribution in [2.24, 2.45) is 0 Å². The number of nitrogens with one attached hydrogen (secondary N) is 1. The average molecular weight is 496 g/mol. The lowest BCUT2D eigenvalue weighted by Crippen LogP contribution is -2.42. The fourth-order valence-corrected chi connectivity index (χ4v) is 6.49. The van der Waals surface area contributed by atoms with Crippen molar-refractivity contribution < 1.29 is 9.59 Å². The highest BCUT2D eigenvalue weighted by atomic mass is 32.2. The molecule has 2 amide bonds. The van der Waals surface area contributed by atoms with Crippen molar-refractivity contribution in [2.75, 3.05) is 18.8 Å². The van der Waals surface area contributed by atoms with E-state index in [9.17, 15) is 9.59 Å². The summed E-state index contributed by atoms with van der Waals surface area (Å²) in [6.45, 7) is 4.94. The van der Waals surface area contributed by atoms with Gasteiger partial charge in [0.15, 0.2) is 0 Å². The predicted octanol–water partition coefficient (Wildman–Crippen LogP) is 4.38. The normalized spacial score (nSPS) is 15.8. The third kappa shape index (κ3) is 4.38. The molecular weight excluding hydrogens is 474 g/mol. The minimum atomic E-state index is -0.210. The molecule has 0 radical (unpaired) electrons. The molecule has 0 saturated carbocycles. The Kier molecular flexibility index (Phi) is 6.13. The molecule has 7 nitrogen and oxygen atoms in total. The van der Waals surface area contributed by atoms with Crippen LogP contribution >= 0.6 is 34.8 Å². The molecule has 5 rings (SSSR count). The van der Waals surface area contributed by atoms with Crippen LogP contribution in [0.2, 0.25) is 0 Å². The molecule has 168 valence electrons. The molecular formula is C23H21N5O2S3. The van der Waals surface area contributed by atoms with Crippen LogP contribution in [0.15, 0.2) is 42.5 Å². The Hall–Kier alpha value is -2.82. The Bertz CT molecular complexity index is 1350. The molecule has 10 heteroatoms. The first-order chi connectivity index (χ1) is 16.0. The Labute approximate surface area is 203 Å². The molecule has 3 heterocycles. The van der Waals surface area contributed by atoms with Crippen LogP contribution in [0.5, 0.6) is 0 Å². The molecule has 1 aliphatic rings. The number of carbonyl (C=O) groups is 2. The number of hydrogen-bond acceptors (Lipinski definition) is 8. The third-order valence-electron chi connectivity index (χ3n) is 5.44. The van der Waals surface area contributed by atoms with Crippen LogP contribution in [0.25, 0.3) is 21.5 Å². The number of thiazole rings is 1. The Morgan fingerprint density at radius 2 is 2.00 bits per heavy atom. The van der Waals surface area contributed by atoms with Gasteiger partial charge in [-0.2, -0.15) is 8.75 Å². The van der Waals surface area contributed by atoms with E-state index in [0.29, 0.717) is 35.4 Å². The molecule has 0 aliphatic carbocycles. The van der Waals surface area contributed by atoms with Crippen molar-refractivity contribution in [1.29, 1.82) is 0 Å². The summed E-state index contributed by atoms with van der Waals surface area (Å²) < 4.78 is 8.44. The first-order valence-corrected chi connectivity index (χ1v) is 13.1. The molecule has 1 aliphatic heterocycles. The number of fused-ring (bicyclic) bond motifs is 1. The SMILES string of the molecule is Cc1cccc(-c2sc(C)nc2C(=O)N2CCSC2CNC(=O)c2cccc3nsnc23)c1. The second kappa shape index (κ2) is 9.20. The largest absolute Gasteiger partial charge is 0.349 e. The summed E-state index contributed by atoms with van der Waals surface area (Å²) >= 11 is 4.29. The van der Waals surface area contributed by atoms with Crippen LogP contribution in [0.3, 0.4) is 0 Å². The number of carbonyl (C=O) groups excluding carboxylic acids is 2. The van der Waals surface area contributed by atoms with E-state index in [2.05, 4.69) is 25.1 Å². The van der Waals surface area contributed by atoms with Crippen molar-refractivity contribution >= 4 is 57.7 Å². The van der Waals surface area contributed by atoms with E-state index in [0.717, 1.165) is 38.5 Å². The van der Waals surface area contributed by atoms with Crippen LogP contribution in [-0.4, -0.2) is 54.7 Å².